The van der Waals surface area contributed by atoms with Crippen LogP contribution >= 0.6 is 0 Å². The summed E-state index contributed by atoms with van der Waals surface area (Å²) in [5, 5.41) is 2.94. The summed E-state index contributed by atoms with van der Waals surface area (Å²) in [6, 6.07) is 19.9. The van der Waals surface area contributed by atoms with E-state index in [1.54, 1.807) is 0 Å². The Morgan fingerprint density at radius 3 is 2.21 bits per heavy atom. The predicted molar refractivity (Wildman–Crippen MR) is 113 cm³/mol. The Kier molecular flexibility index (Phi) is 7.65. The van der Waals surface area contributed by atoms with Crippen molar-refractivity contribution in [3.63, 3.8) is 0 Å². The molecule has 1 saturated heterocycles. The highest BCUT2D eigenvalue weighted by molar-refractivity contribution is 5.90. The van der Waals surface area contributed by atoms with Gasteiger partial charge < -0.3 is 10.2 Å². The van der Waals surface area contributed by atoms with Crippen molar-refractivity contribution in [3.05, 3.63) is 66.2 Å². The van der Waals surface area contributed by atoms with Crippen LogP contribution in [0.1, 0.15) is 44.1 Å². The molecule has 1 fully saturated rings. The summed E-state index contributed by atoms with van der Waals surface area (Å²) >= 11 is 0. The van der Waals surface area contributed by atoms with Crippen LogP contribution in [-0.2, 0) is 16.0 Å². The van der Waals surface area contributed by atoms with Crippen molar-refractivity contribution in [2.45, 2.75) is 44.9 Å². The molecular weight excluding hydrogens is 348 g/mol. The molecule has 0 radical (unpaired) electrons. The van der Waals surface area contributed by atoms with Gasteiger partial charge in [0.25, 0.3) is 0 Å². The number of hydrogen-bond donors (Lipinski definition) is 1. The van der Waals surface area contributed by atoms with E-state index in [1.807, 2.05) is 53.4 Å². The Morgan fingerprint density at radius 1 is 0.893 bits per heavy atom. The molecule has 28 heavy (non-hydrogen) atoms. The van der Waals surface area contributed by atoms with E-state index in [-0.39, 0.29) is 11.8 Å². The van der Waals surface area contributed by atoms with Crippen molar-refractivity contribution in [2.75, 3.05) is 18.4 Å². The second kappa shape index (κ2) is 10.6. The van der Waals surface area contributed by atoms with Crippen LogP contribution in [0.4, 0.5) is 5.69 Å². The summed E-state index contributed by atoms with van der Waals surface area (Å²) < 4.78 is 0. The quantitative estimate of drug-likeness (QED) is 0.726. The van der Waals surface area contributed by atoms with Crippen LogP contribution < -0.4 is 5.32 Å². The largest absolute Gasteiger partial charge is 0.343 e. The number of benzene rings is 2. The van der Waals surface area contributed by atoms with E-state index in [4.69, 9.17) is 0 Å². The number of amides is 2. The summed E-state index contributed by atoms with van der Waals surface area (Å²) in [6.45, 7) is 1.66. The van der Waals surface area contributed by atoms with Gasteiger partial charge in [-0.2, -0.15) is 0 Å². The number of anilines is 1. The SMILES string of the molecule is O=C(CCC1CCN(C(=O)CCCc2ccccc2)CC1)Nc1ccccc1. The van der Waals surface area contributed by atoms with E-state index in [9.17, 15) is 9.59 Å². The summed E-state index contributed by atoms with van der Waals surface area (Å²) in [7, 11) is 0. The highest BCUT2D eigenvalue weighted by Gasteiger charge is 2.22. The first-order chi connectivity index (χ1) is 13.7. The van der Waals surface area contributed by atoms with Gasteiger partial charge >= 0.3 is 0 Å². The summed E-state index contributed by atoms with van der Waals surface area (Å²) in [4.78, 5) is 26.5. The van der Waals surface area contributed by atoms with Gasteiger partial charge in [0, 0.05) is 31.6 Å². The Labute approximate surface area is 167 Å². The zero-order valence-electron chi connectivity index (χ0n) is 16.5. The minimum Gasteiger partial charge on any atom is -0.343 e. The molecule has 0 spiro atoms. The van der Waals surface area contributed by atoms with Gasteiger partial charge in [-0.3, -0.25) is 9.59 Å². The maximum atomic E-state index is 12.4. The lowest BCUT2D eigenvalue weighted by Gasteiger charge is -2.32. The zero-order chi connectivity index (χ0) is 19.6. The standard InChI is InChI=1S/C24H30N2O2/c27-23(25-22-11-5-2-6-12-22)15-14-21-16-18-26(19-17-21)24(28)13-7-10-20-8-3-1-4-9-20/h1-6,8-9,11-12,21H,7,10,13-19H2,(H,25,27). The van der Waals surface area contributed by atoms with Crippen molar-refractivity contribution in [2.24, 2.45) is 5.92 Å². The van der Waals surface area contributed by atoms with Crippen molar-refractivity contribution in [1.29, 1.82) is 0 Å². The third-order valence-corrected chi connectivity index (χ3v) is 5.50. The summed E-state index contributed by atoms with van der Waals surface area (Å²) in [5.41, 5.74) is 2.14. The van der Waals surface area contributed by atoms with Gasteiger partial charge in [0.05, 0.1) is 0 Å². The lowest BCUT2D eigenvalue weighted by molar-refractivity contribution is -0.132. The molecule has 4 nitrogen and oxygen atoms in total. The number of carbonyl (C=O) groups excluding carboxylic acids is 2. The lowest BCUT2D eigenvalue weighted by atomic mass is 9.91. The van der Waals surface area contributed by atoms with Crippen LogP contribution in [0.3, 0.4) is 0 Å². The van der Waals surface area contributed by atoms with Gasteiger partial charge in [-0.1, -0.05) is 48.5 Å². The molecule has 2 amide bonds. The molecular formula is C24H30N2O2. The minimum absolute atomic E-state index is 0.0746. The highest BCUT2D eigenvalue weighted by Crippen LogP contribution is 2.23. The molecule has 0 bridgehead atoms. The molecule has 1 aliphatic heterocycles. The number of hydrogen-bond acceptors (Lipinski definition) is 2. The van der Waals surface area contributed by atoms with Crippen LogP contribution in [-0.4, -0.2) is 29.8 Å². The van der Waals surface area contributed by atoms with Crippen LogP contribution in [0.25, 0.3) is 0 Å². The van der Waals surface area contributed by atoms with Crippen LogP contribution in [0.5, 0.6) is 0 Å². The molecule has 0 aromatic heterocycles. The Balaban J connectivity index is 1.30. The summed E-state index contributed by atoms with van der Waals surface area (Å²) in [6.07, 6.45) is 5.94. The molecule has 0 unspecified atom stereocenters. The third kappa shape index (κ3) is 6.52. The number of rotatable bonds is 8. The first kappa shape index (κ1) is 20.1. The van der Waals surface area contributed by atoms with E-state index in [0.29, 0.717) is 18.8 Å². The van der Waals surface area contributed by atoms with Gasteiger partial charge in [0.15, 0.2) is 0 Å². The van der Waals surface area contributed by atoms with E-state index < -0.39 is 0 Å². The molecule has 2 aromatic rings. The van der Waals surface area contributed by atoms with Crippen molar-refractivity contribution in [1.82, 2.24) is 4.90 Å². The first-order valence-electron chi connectivity index (χ1n) is 10.4. The van der Waals surface area contributed by atoms with E-state index in [0.717, 1.165) is 50.9 Å². The van der Waals surface area contributed by atoms with Crippen molar-refractivity contribution in [3.8, 4) is 0 Å². The Bertz CT molecular complexity index is 738. The fraction of sp³-hybridized carbons (Fsp3) is 0.417. The molecule has 3 rings (SSSR count). The zero-order valence-corrected chi connectivity index (χ0v) is 16.5. The third-order valence-electron chi connectivity index (χ3n) is 5.50. The molecule has 1 heterocycles. The Hall–Kier alpha value is -2.62. The molecule has 1 N–H and O–H groups in total. The average Bonchev–Trinajstić information content (AvgIpc) is 2.74. The van der Waals surface area contributed by atoms with E-state index in [1.165, 1.54) is 5.56 Å². The summed E-state index contributed by atoms with van der Waals surface area (Å²) in [5.74, 6) is 0.886. The minimum atomic E-state index is 0.0746. The fourth-order valence-electron chi connectivity index (χ4n) is 3.80. The van der Waals surface area contributed by atoms with Gasteiger partial charge in [-0.15, -0.1) is 0 Å². The molecule has 0 aliphatic carbocycles. The number of aryl methyl sites for hydroxylation is 1. The van der Waals surface area contributed by atoms with E-state index >= 15 is 0 Å². The van der Waals surface area contributed by atoms with Crippen LogP contribution in [0.2, 0.25) is 0 Å². The smallest absolute Gasteiger partial charge is 0.224 e. The van der Waals surface area contributed by atoms with Crippen LogP contribution in [0, 0.1) is 5.92 Å². The average molecular weight is 379 g/mol. The molecule has 0 saturated carbocycles. The monoisotopic (exact) mass is 378 g/mol. The molecule has 0 atom stereocenters. The number of nitrogens with zero attached hydrogens (tertiary/aromatic N) is 1. The molecule has 148 valence electrons. The highest BCUT2D eigenvalue weighted by atomic mass is 16.2. The normalized spacial score (nSPS) is 14.6. The van der Waals surface area contributed by atoms with E-state index in [2.05, 4.69) is 17.4 Å². The number of likely N-dealkylation sites (tertiary alicyclic amines) is 1. The number of carbonyl (C=O) groups is 2. The van der Waals surface area contributed by atoms with Gasteiger partial charge in [0.1, 0.15) is 0 Å². The molecule has 4 heteroatoms. The van der Waals surface area contributed by atoms with Crippen LogP contribution in [0.15, 0.2) is 60.7 Å². The number of piperidine rings is 1. The van der Waals surface area contributed by atoms with Gasteiger partial charge in [-0.25, -0.2) is 0 Å². The van der Waals surface area contributed by atoms with Gasteiger partial charge in [0.2, 0.25) is 11.8 Å². The van der Waals surface area contributed by atoms with Crippen molar-refractivity contribution >= 4 is 17.5 Å². The maximum Gasteiger partial charge on any atom is 0.224 e. The Morgan fingerprint density at radius 2 is 1.54 bits per heavy atom. The fourth-order valence-corrected chi connectivity index (χ4v) is 3.80. The molecule has 1 aliphatic rings. The topological polar surface area (TPSA) is 49.4 Å². The second-order valence-electron chi connectivity index (χ2n) is 7.62. The first-order valence-corrected chi connectivity index (χ1v) is 10.4. The predicted octanol–water partition coefficient (Wildman–Crippen LogP) is 4.67. The molecule has 2 aromatic carbocycles. The van der Waals surface area contributed by atoms with Gasteiger partial charge in [-0.05, 0) is 55.7 Å². The lowest BCUT2D eigenvalue weighted by Crippen LogP contribution is -2.38. The number of nitrogens with one attached hydrogen (secondary N) is 1. The van der Waals surface area contributed by atoms with Crippen molar-refractivity contribution < 1.29 is 9.59 Å². The number of para-hydroxylation sites is 1. The maximum absolute atomic E-state index is 12.4. The second-order valence-corrected chi connectivity index (χ2v) is 7.62.